The van der Waals surface area contributed by atoms with Crippen LogP contribution in [0.3, 0.4) is 0 Å². The van der Waals surface area contributed by atoms with Crippen LogP contribution in [0.25, 0.3) is 20.8 Å². The van der Waals surface area contributed by atoms with Gasteiger partial charge in [0.25, 0.3) is 5.56 Å². The number of fused-ring (bicyclic) bond motifs is 1. The molecule has 0 saturated heterocycles. The third-order valence-corrected chi connectivity index (χ3v) is 4.76. The van der Waals surface area contributed by atoms with Crippen molar-refractivity contribution in [2.75, 3.05) is 6.26 Å². The van der Waals surface area contributed by atoms with Crippen molar-refractivity contribution in [3.63, 3.8) is 0 Å². The van der Waals surface area contributed by atoms with Gasteiger partial charge in [-0.2, -0.15) is 4.98 Å². The average molecular weight is 319 g/mol. The average Bonchev–Trinajstić information content (AvgIpc) is 2.46. The predicted molar refractivity (Wildman–Crippen MR) is 80.0 cm³/mol. The van der Waals surface area contributed by atoms with E-state index in [2.05, 4.69) is 15.0 Å². The topological polar surface area (TPSA) is 89.9 Å². The summed E-state index contributed by atoms with van der Waals surface area (Å²) in [7, 11) is -3.46. The van der Waals surface area contributed by atoms with Crippen molar-refractivity contribution in [2.45, 2.75) is 5.03 Å². The highest BCUT2D eigenvalue weighted by Gasteiger charge is 2.13. The fourth-order valence-electron chi connectivity index (χ4n) is 1.75. The molecule has 0 bridgehead atoms. The van der Waals surface area contributed by atoms with Crippen LogP contribution in [0.15, 0.2) is 46.5 Å². The van der Waals surface area contributed by atoms with Gasteiger partial charge in [0.15, 0.2) is 14.9 Å². The van der Waals surface area contributed by atoms with Gasteiger partial charge in [-0.05, 0) is 12.1 Å². The van der Waals surface area contributed by atoms with Crippen molar-refractivity contribution in [2.24, 2.45) is 0 Å². The van der Waals surface area contributed by atoms with Gasteiger partial charge in [0.1, 0.15) is 10.7 Å². The van der Waals surface area contributed by atoms with Gasteiger partial charge in [-0.3, -0.25) is 9.78 Å². The van der Waals surface area contributed by atoms with Crippen LogP contribution in [0, 0.1) is 0 Å². The highest BCUT2D eigenvalue weighted by molar-refractivity contribution is 7.90. The van der Waals surface area contributed by atoms with Crippen molar-refractivity contribution >= 4 is 31.3 Å². The number of hydrogen-bond acceptors (Lipinski definition) is 7. The molecule has 3 aromatic rings. The summed E-state index contributed by atoms with van der Waals surface area (Å²) in [5.41, 5.74) is -0.100. The number of benzene rings is 1. The lowest BCUT2D eigenvalue weighted by molar-refractivity contribution is 0.597. The fraction of sp³-hybridized carbons (Fsp3) is 0.0769. The van der Waals surface area contributed by atoms with E-state index in [1.807, 2.05) is 6.07 Å². The van der Waals surface area contributed by atoms with Crippen molar-refractivity contribution in [1.29, 1.82) is 0 Å². The van der Waals surface area contributed by atoms with Crippen LogP contribution in [0.2, 0.25) is 0 Å². The molecule has 6 nitrogen and oxygen atoms in total. The van der Waals surface area contributed by atoms with E-state index in [1.54, 1.807) is 18.2 Å². The molecule has 2 aromatic heterocycles. The molecule has 0 spiro atoms. The van der Waals surface area contributed by atoms with Crippen LogP contribution in [0.4, 0.5) is 0 Å². The Bertz CT molecular complexity index is 997. The van der Waals surface area contributed by atoms with Gasteiger partial charge in [0.05, 0.1) is 17.8 Å². The van der Waals surface area contributed by atoms with Crippen molar-refractivity contribution in [3.8, 4) is 10.7 Å². The monoisotopic (exact) mass is 319 g/mol. The number of hydrogen-bond donors (Lipinski definition) is 0. The van der Waals surface area contributed by atoms with E-state index in [0.717, 1.165) is 11.0 Å². The van der Waals surface area contributed by atoms with Crippen LogP contribution in [0.5, 0.6) is 0 Å². The molecule has 21 heavy (non-hydrogen) atoms. The maximum Gasteiger partial charge on any atom is 0.279 e. The maximum atomic E-state index is 12.0. The van der Waals surface area contributed by atoms with Crippen molar-refractivity contribution in [3.05, 3.63) is 47.0 Å². The third-order valence-electron chi connectivity index (χ3n) is 2.74. The quantitative estimate of drug-likeness (QED) is 0.711. The first-order chi connectivity index (χ1) is 9.95. The molecule has 1 aromatic carbocycles. The van der Waals surface area contributed by atoms with Gasteiger partial charge >= 0.3 is 0 Å². The Balaban J connectivity index is 2.24. The predicted octanol–water partition coefficient (Wildman–Crippen LogP) is 1.52. The van der Waals surface area contributed by atoms with E-state index in [-0.39, 0.29) is 16.3 Å². The second-order valence-corrected chi connectivity index (χ2v) is 7.33. The van der Waals surface area contributed by atoms with E-state index in [4.69, 9.17) is 0 Å². The summed E-state index contributed by atoms with van der Waals surface area (Å²) in [6, 6.07) is 7.09. The molecule has 0 saturated carbocycles. The maximum absolute atomic E-state index is 12.0. The van der Waals surface area contributed by atoms with Gasteiger partial charge in [-0.1, -0.05) is 12.1 Å². The Labute approximate surface area is 124 Å². The summed E-state index contributed by atoms with van der Waals surface area (Å²) >= 11 is 1.27. The lowest BCUT2D eigenvalue weighted by atomic mass is 10.3. The van der Waals surface area contributed by atoms with Gasteiger partial charge in [-0.25, -0.2) is 13.4 Å². The minimum absolute atomic E-state index is 0.144. The van der Waals surface area contributed by atoms with E-state index in [1.165, 1.54) is 23.7 Å². The van der Waals surface area contributed by atoms with Crippen LogP contribution in [-0.2, 0) is 9.84 Å². The number of aromatic nitrogens is 3. The smallest absolute Gasteiger partial charge is 0.267 e. The molecule has 0 N–H and O–H groups in total. The molecule has 3 rings (SSSR count). The first kappa shape index (κ1) is 13.8. The molecule has 0 fully saturated rings. The standard InChI is InChI=1S/C13H9N3O3S2/c1-21(18,19)11-7-14-6-9(15-11)13-16-12(17)8-4-2-3-5-10(8)20-13/h2-7H,1H3. The summed E-state index contributed by atoms with van der Waals surface area (Å²) in [6.07, 6.45) is 3.61. The molecule has 0 atom stereocenters. The molecular weight excluding hydrogens is 310 g/mol. The van der Waals surface area contributed by atoms with Crippen LogP contribution < -0.4 is 5.56 Å². The van der Waals surface area contributed by atoms with Gasteiger partial charge in [-0.15, -0.1) is 11.3 Å². The third kappa shape index (κ3) is 2.67. The Morgan fingerprint density at radius 1 is 1.10 bits per heavy atom. The highest BCUT2D eigenvalue weighted by atomic mass is 32.2. The minimum atomic E-state index is -3.46. The molecule has 2 heterocycles. The molecule has 0 unspecified atom stereocenters. The summed E-state index contributed by atoms with van der Waals surface area (Å²) < 4.78 is 23.8. The van der Waals surface area contributed by atoms with Gasteiger partial charge in [0.2, 0.25) is 0 Å². The van der Waals surface area contributed by atoms with Crippen molar-refractivity contribution < 1.29 is 8.42 Å². The van der Waals surface area contributed by atoms with E-state index in [9.17, 15) is 13.2 Å². The number of sulfone groups is 1. The molecule has 106 valence electrons. The Morgan fingerprint density at radius 2 is 1.86 bits per heavy atom. The zero-order chi connectivity index (χ0) is 15.0. The van der Waals surface area contributed by atoms with Crippen LogP contribution in [-0.4, -0.2) is 29.6 Å². The largest absolute Gasteiger partial charge is 0.279 e. The number of nitrogens with zero attached hydrogens (tertiary/aromatic N) is 3. The second-order valence-electron chi connectivity index (χ2n) is 4.34. The summed E-state index contributed by atoms with van der Waals surface area (Å²) in [4.78, 5) is 23.8. The zero-order valence-electron chi connectivity index (χ0n) is 10.8. The lowest BCUT2D eigenvalue weighted by Crippen LogP contribution is -2.07. The fourth-order valence-corrected chi connectivity index (χ4v) is 3.22. The van der Waals surface area contributed by atoms with E-state index >= 15 is 0 Å². The lowest BCUT2D eigenvalue weighted by Gasteiger charge is -2.02. The summed E-state index contributed by atoms with van der Waals surface area (Å²) in [6.45, 7) is 0. The van der Waals surface area contributed by atoms with Crippen LogP contribution in [0.1, 0.15) is 0 Å². The molecule has 0 aliphatic heterocycles. The molecular formula is C13H9N3O3S2. The van der Waals surface area contributed by atoms with E-state index < -0.39 is 9.84 Å². The normalized spacial score (nSPS) is 11.7. The first-order valence-corrected chi connectivity index (χ1v) is 8.58. The van der Waals surface area contributed by atoms with Gasteiger partial charge < -0.3 is 0 Å². The van der Waals surface area contributed by atoms with Gasteiger partial charge in [0, 0.05) is 11.0 Å². The Hall–Kier alpha value is -2.19. The first-order valence-electron chi connectivity index (χ1n) is 5.87. The summed E-state index contributed by atoms with van der Waals surface area (Å²) in [5.74, 6) is 0. The zero-order valence-corrected chi connectivity index (χ0v) is 12.5. The SMILES string of the molecule is CS(=O)(=O)c1cncc(-c2nc(=O)c3ccccc3s2)n1. The van der Waals surface area contributed by atoms with E-state index in [0.29, 0.717) is 10.4 Å². The Kier molecular flexibility index (Phi) is 3.26. The Morgan fingerprint density at radius 3 is 2.62 bits per heavy atom. The molecule has 0 aliphatic carbocycles. The second kappa shape index (κ2) is 4.97. The number of rotatable bonds is 2. The van der Waals surface area contributed by atoms with Crippen molar-refractivity contribution in [1.82, 2.24) is 15.0 Å². The molecule has 0 radical (unpaired) electrons. The minimum Gasteiger partial charge on any atom is -0.267 e. The summed E-state index contributed by atoms with van der Waals surface area (Å²) in [5, 5.41) is 0.727. The molecule has 8 heteroatoms. The molecule has 0 amide bonds. The molecule has 0 aliphatic rings. The van der Waals surface area contributed by atoms with Crippen LogP contribution >= 0.6 is 11.3 Å². The highest BCUT2D eigenvalue weighted by Crippen LogP contribution is 2.24.